The van der Waals surface area contributed by atoms with Gasteiger partial charge in [-0.3, -0.25) is 4.79 Å². The lowest BCUT2D eigenvalue weighted by atomic mass is 10.2. The molecule has 7 heteroatoms. The summed E-state index contributed by atoms with van der Waals surface area (Å²) in [5.41, 5.74) is 4.67. The zero-order valence-corrected chi connectivity index (χ0v) is 17.9. The maximum atomic E-state index is 10.7. The van der Waals surface area contributed by atoms with Crippen molar-refractivity contribution in [3.8, 4) is 17.2 Å². The van der Waals surface area contributed by atoms with E-state index >= 15 is 0 Å². The van der Waals surface area contributed by atoms with Crippen molar-refractivity contribution in [2.24, 2.45) is 0 Å². The van der Waals surface area contributed by atoms with Crippen molar-refractivity contribution in [1.29, 1.82) is 0 Å². The maximum Gasteiger partial charge on any atom is 0.303 e. The first-order chi connectivity index (χ1) is 14.9. The summed E-state index contributed by atoms with van der Waals surface area (Å²) in [5, 5.41) is 8.79. The van der Waals surface area contributed by atoms with Gasteiger partial charge in [0.1, 0.15) is 23.0 Å². The third-order valence-corrected chi connectivity index (χ3v) is 5.23. The fraction of sp³-hybridized carbons (Fsp3) is 0.292. The molecule has 31 heavy (non-hydrogen) atoms. The average molecular weight is 419 g/mol. The summed E-state index contributed by atoms with van der Waals surface area (Å²) in [4.78, 5) is 20.2. The van der Waals surface area contributed by atoms with Crippen LogP contribution in [0.4, 0.5) is 0 Å². The Balaban J connectivity index is 1.62. The Bertz CT molecular complexity index is 1220. The lowest BCUT2D eigenvalue weighted by Gasteiger charge is -2.09. The monoisotopic (exact) mass is 419 g/mol. The molecule has 0 radical (unpaired) electrons. The number of aliphatic carboxylic acids is 1. The van der Waals surface area contributed by atoms with Crippen LogP contribution in [-0.4, -0.2) is 32.2 Å². The van der Waals surface area contributed by atoms with Gasteiger partial charge in [-0.2, -0.15) is 0 Å². The first-order valence-corrected chi connectivity index (χ1v) is 10.3. The van der Waals surface area contributed by atoms with Crippen LogP contribution in [0, 0.1) is 20.8 Å². The zero-order chi connectivity index (χ0) is 22.0. The number of hydrogen-bond acceptors (Lipinski definition) is 5. The van der Waals surface area contributed by atoms with Crippen LogP contribution in [0.2, 0.25) is 0 Å². The van der Waals surface area contributed by atoms with Crippen LogP contribution in [0.1, 0.15) is 35.7 Å². The van der Waals surface area contributed by atoms with Gasteiger partial charge in [-0.1, -0.05) is 18.2 Å². The fourth-order valence-electron chi connectivity index (χ4n) is 3.60. The van der Waals surface area contributed by atoms with Gasteiger partial charge in [-0.25, -0.2) is 9.97 Å². The summed E-state index contributed by atoms with van der Waals surface area (Å²) in [6, 6.07) is 13.7. The van der Waals surface area contributed by atoms with Gasteiger partial charge in [0.05, 0.1) is 24.2 Å². The van der Waals surface area contributed by atoms with E-state index in [1.807, 2.05) is 63.2 Å². The summed E-state index contributed by atoms with van der Waals surface area (Å²) in [6.07, 6.45) is 0.554. The lowest BCUT2D eigenvalue weighted by Crippen LogP contribution is -2.05. The molecule has 0 amide bonds. The number of oxazole rings is 1. The smallest absolute Gasteiger partial charge is 0.303 e. The number of aryl methyl sites for hydroxylation is 3. The summed E-state index contributed by atoms with van der Waals surface area (Å²) in [6.45, 7) is 6.78. The fourth-order valence-corrected chi connectivity index (χ4v) is 3.60. The van der Waals surface area contributed by atoms with Crippen molar-refractivity contribution in [1.82, 2.24) is 14.5 Å². The number of fused-ring (bicyclic) bond motifs is 1. The predicted octanol–water partition coefficient (Wildman–Crippen LogP) is 4.91. The number of ether oxygens (including phenoxy) is 1. The molecule has 0 aliphatic heterocycles. The Morgan fingerprint density at radius 2 is 1.90 bits per heavy atom. The number of nitrogens with zero attached hydrogens (tertiary/aromatic N) is 3. The molecule has 160 valence electrons. The van der Waals surface area contributed by atoms with Crippen molar-refractivity contribution in [2.75, 3.05) is 6.61 Å². The molecule has 0 saturated heterocycles. The van der Waals surface area contributed by atoms with E-state index in [9.17, 15) is 4.79 Å². The summed E-state index contributed by atoms with van der Waals surface area (Å²) < 4.78 is 13.8. The summed E-state index contributed by atoms with van der Waals surface area (Å²) >= 11 is 0. The molecular formula is C24H25N3O4. The van der Waals surface area contributed by atoms with Gasteiger partial charge in [-0.05, 0) is 51.0 Å². The molecule has 2 aromatic carbocycles. The Hall–Kier alpha value is -3.61. The van der Waals surface area contributed by atoms with Crippen LogP contribution < -0.4 is 4.74 Å². The molecule has 0 saturated carbocycles. The van der Waals surface area contributed by atoms with Crippen LogP contribution in [0.15, 0.2) is 46.9 Å². The average Bonchev–Trinajstić information content (AvgIpc) is 3.27. The number of hydrogen-bond donors (Lipinski definition) is 1. The number of carboxylic acid groups (broad SMARTS) is 1. The third-order valence-electron chi connectivity index (χ3n) is 5.23. The number of rotatable bonds is 8. The molecule has 4 aromatic rings. The summed E-state index contributed by atoms with van der Waals surface area (Å²) in [5.74, 6) is 2.15. The minimum absolute atomic E-state index is 0.0907. The molecule has 0 fully saturated rings. The highest BCUT2D eigenvalue weighted by Gasteiger charge is 2.16. The molecule has 2 aromatic heterocycles. The van der Waals surface area contributed by atoms with E-state index in [1.54, 1.807) is 0 Å². The second-order valence-corrected chi connectivity index (χ2v) is 7.59. The van der Waals surface area contributed by atoms with Crippen molar-refractivity contribution < 1.29 is 19.1 Å². The molecule has 0 unspecified atom stereocenters. The van der Waals surface area contributed by atoms with Gasteiger partial charge in [0.2, 0.25) is 5.89 Å². The second-order valence-electron chi connectivity index (χ2n) is 7.59. The van der Waals surface area contributed by atoms with E-state index in [0.717, 1.165) is 39.4 Å². The number of imidazole rings is 1. The highest BCUT2D eigenvalue weighted by Crippen LogP contribution is 2.28. The van der Waals surface area contributed by atoms with Crippen LogP contribution in [-0.2, 0) is 11.3 Å². The van der Waals surface area contributed by atoms with Gasteiger partial charge in [-0.15, -0.1) is 0 Å². The summed E-state index contributed by atoms with van der Waals surface area (Å²) in [7, 11) is 0. The first kappa shape index (κ1) is 20.7. The lowest BCUT2D eigenvalue weighted by molar-refractivity contribution is -0.137. The molecular weight excluding hydrogens is 394 g/mol. The topological polar surface area (TPSA) is 90.4 Å². The van der Waals surface area contributed by atoms with Crippen LogP contribution in [0.5, 0.6) is 5.75 Å². The van der Waals surface area contributed by atoms with Crippen molar-refractivity contribution in [3.05, 3.63) is 65.3 Å². The van der Waals surface area contributed by atoms with Crippen LogP contribution in [0.25, 0.3) is 22.5 Å². The molecule has 0 bridgehead atoms. The molecule has 1 N–H and O–H groups in total. The first-order valence-electron chi connectivity index (χ1n) is 10.3. The Morgan fingerprint density at radius 1 is 1.13 bits per heavy atom. The van der Waals surface area contributed by atoms with Crippen molar-refractivity contribution >= 4 is 17.0 Å². The highest BCUT2D eigenvalue weighted by molar-refractivity contribution is 5.81. The molecule has 0 aliphatic carbocycles. The molecule has 0 spiro atoms. The predicted molar refractivity (Wildman–Crippen MR) is 117 cm³/mol. The SMILES string of the molecule is Cc1oc(-c2ccccc2)nc1Cn1c(C)nc2c(C)cc(OCCCC(=O)O)cc21. The molecule has 0 aliphatic rings. The quantitative estimate of drug-likeness (QED) is 0.408. The number of carboxylic acids is 1. The Labute approximate surface area is 180 Å². The van der Waals surface area contributed by atoms with Gasteiger partial charge in [0, 0.05) is 18.1 Å². The number of benzene rings is 2. The normalized spacial score (nSPS) is 11.2. The zero-order valence-electron chi connectivity index (χ0n) is 17.9. The van der Waals surface area contributed by atoms with E-state index in [2.05, 4.69) is 4.57 Å². The minimum Gasteiger partial charge on any atom is -0.493 e. The van der Waals surface area contributed by atoms with Gasteiger partial charge in [0.15, 0.2) is 0 Å². The molecule has 0 atom stereocenters. The third kappa shape index (κ3) is 4.45. The molecule has 4 rings (SSSR count). The second kappa shape index (κ2) is 8.63. The largest absolute Gasteiger partial charge is 0.493 e. The van der Waals surface area contributed by atoms with Crippen LogP contribution in [0.3, 0.4) is 0 Å². The van der Waals surface area contributed by atoms with E-state index in [-0.39, 0.29) is 6.42 Å². The van der Waals surface area contributed by atoms with Crippen LogP contribution >= 0.6 is 0 Å². The molecule has 7 nitrogen and oxygen atoms in total. The van der Waals surface area contributed by atoms with E-state index in [0.29, 0.717) is 31.2 Å². The van der Waals surface area contributed by atoms with E-state index < -0.39 is 5.97 Å². The number of aromatic nitrogens is 3. The molecule has 2 heterocycles. The van der Waals surface area contributed by atoms with Crippen molar-refractivity contribution in [2.45, 2.75) is 40.2 Å². The Morgan fingerprint density at radius 3 is 2.65 bits per heavy atom. The van der Waals surface area contributed by atoms with E-state index in [1.165, 1.54) is 0 Å². The minimum atomic E-state index is -0.818. The Kier molecular flexibility index (Phi) is 5.75. The highest BCUT2D eigenvalue weighted by atomic mass is 16.5. The maximum absolute atomic E-state index is 10.7. The van der Waals surface area contributed by atoms with Gasteiger partial charge >= 0.3 is 5.97 Å². The number of carbonyl (C=O) groups is 1. The van der Waals surface area contributed by atoms with E-state index in [4.69, 9.17) is 24.2 Å². The van der Waals surface area contributed by atoms with Crippen molar-refractivity contribution in [3.63, 3.8) is 0 Å². The standard InChI is InChI=1S/C24H25N3O4/c1-15-12-19(30-11-7-10-22(28)29)13-21-23(15)25-17(3)27(21)14-20-16(2)31-24(26-20)18-8-5-4-6-9-18/h4-6,8-9,12-13H,7,10-11,14H2,1-3H3,(H,28,29). The van der Waals surface area contributed by atoms with Gasteiger partial charge < -0.3 is 18.8 Å². The van der Waals surface area contributed by atoms with Gasteiger partial charge in [0.25, 0.3) is 0 Å².